The zero-order chi connectivity index (χ0) is 20.6. The van der Waals surface area contributed by atoms with Gasteiger partial charge in [0.25, 0.3) is 5.56 Å². The van der Waals surface area contributed by atoms with Gasteiger partial charge in [0.05, 0.1) is 17.3 Å². The van der Waals surface area contributed by atoms with Gasteiger partial charge in [-0.2, -0.15) is 0 Å². The van der Waals surface area contributed by atoms with E-state index in [0.29, 0.717) is 22.3 Å². The summed E-state index contributed by atoms with van der Waals surface area (Å²) in [6.07, 6.45) is 3.04. The summed E-state index contributed by atoms with van der Waals surface area (Å²) in [5, 5.41) is 10.1. The number of aliphatic hydroxyl groups is 1. The summed E-state index contributed by atoms with van der Waals surface area (Å²) in [6.45, 7) is 3.24. The van der Waals surface area contributed by atoms with E-state index in [4.69, 9.17) is 4.74 Å². The van der Waals surface area contributed by atoms with Crippen LogP contribution in [0.2, 0.25) is 0 Å². The lowest BCUT2D eigenvalue weighted by atomic mass is 10.1. The first-order chi connectivity index (χ1) is 13.8. The topological polar surface area (TPSA) is 80.1 Å². The number of halogens is 1. The molecule has 148 valence electrons. The Hall–Kier alpha value is -3.45. The number of fused-ring (bicyclic) bond motifs is 1. The highest BCUT2D eigenvalue weighted by Gasteiger charge is 2.19. The average molecular weight is 393 g/mol. The first kappa shape index (κ1) is 18.9. The highest BCUT2D eigenvalue weighted by Crippen LogP contribution is 2.32. The SMILES string of the molecule is CC(C)(O)COc1ccc(-c2cn(-c3ccccc3)c3nc[nH]c(=O)c23)c(F)c1. The maximum Gasteiger partial charge on any atom is 0.260 e. The molecule has 29 heavy (non-hydrogen) atoms. The molecule has 4 aromatic rings. The first-order valence-electron chi connectivity index (χ1n) is 9.13. The fraction of sp³-hybridized carbons (Fsp3) is 0.182. The molecule has 0 unspecified atom stereocenters. The van der Waals surface area contributed by atoms with Crippen molar-refractivity contribution >= 4 is 11.0 Å². The molecular weight excluding hydrogens is 373 g/mol. The van der Waals surface area contributed by atoms with Crippen molar-refractivity contribution in [2.75, 3.05) is 6.61 Å². The van der Waals surface area contributed by atoms with Gasteiger partial charge in [0.2, 0.25) is 0 Å². The summed E-state index contributed by atoms with van der Waals surface area (Å²) in [5.74, 6) is -0.235. The number of hydrogen-bond acceptors (Lipinski definition) is 4. The molecular formula is C22H20FN3O3. The van der Waals surface area contributed by atoms with Crippen LogP contribution in [-0.4, -0.2) is 31.8 Å². The minimum Gasteiger partial charge on any atom is -0.491 e. The number of H-pyrrole nitrogens is 1. The smallest absolute Gasteiger partial charge is 0.260 e. The van der Waals surface area contributed by atoms with Crippen LogP contribution in [0.3, 0.4) is 0 Å². The Morgan fingerprint density at radius 2 is 1.93 bits per heavy atom. The molecule has 4 rings (SSSR count). The lowest BCUT2D eigenvalue weighted by Gasteiger charge is -2.18. The van der Waals surface area contributed by atoms with Gasteiger partial charge < -0.3 is 19.4 Å². The summed E-state index contributed by atoms with van der Waals surface area (Å²) in [7, 11) is 0. The molecule has 2 N–H and O–H groups in total. The Bertz CT molecular complexity index is 1220. The monoisotopic (exact) mass is 393 g/mol. The summed E-state index contributed by atoms with van der Waals surface area (Å²) in [4.78, 5) is 19.4. The highest BCUT2D eigenvalue weighted by molar-refractivity contribution is 5.94. The van der Waals surface area contributed by atoms with Crippen LogP contribution < -0.4 is 10.3 Å². The van der Waals surface area contributed by atoms with Crippen LogP contribution in [0.1, 0.15) is 13.8 Å². The van der Waals surface area contributed by atoms with Crippen LogP contribution in [0, 0.1) is 5.82 Å². The standard InChI is InChI=1S/C22H20FN3O3/c1-22(2,28)12-29-15-8-9-16(18(23)10-15)17-11-26(14-6-4-3-5-7-14)20-19(17)21(27)25-13-24-20/h3-11,13,28H,12H2,1-2H3,(H,24,25,27). The van der Waals surface area contributed by atoms with Crippen molar-refractivity contribution in [1.29, 1.82) is 0 Å². The van der Waals surface area contributed by atoms with Crippen LogP contribution in [0.5, 0.6) is 5.75 Å². The molecule has 0 fully saturated rings. The van der Waals surface area contributed by atoms with Gasteiger partial charge in [0, 0.05) is 29.1 Å². The highest BCUT2D eigenvalue weighted by atomic mass is 19.1. The van der Waals surface area contributed by atoms with Crippen LogP contribution in [0.25, 0.3) is 27.8 Å². The zero-order valence-corrected chi connectivity index (χ0v) is 16.0. The van der Waals surface area contributed by atoms with Crippen molar-refractivity contribution < 1.29 is 14.2 Å². The molecule has 2 heterocycles. The number of para-hydroxylation sites is 1. The molecule has 0 bridgehead atoms. The Kier molecular flexibility index (Phi) is 4.68. The number of ether oxygens (including phenoxy) is 1. The summed E-state index contributed by atoms with van der Waals surface area (Å²) >= 11 is 0. The molecule has 2 aromatic carbocycles. The van der Waals surface area contributed by atoms with E-state index in [9.17, 15) is 14.3 Å². The summed E-state index contributed by atoms with van der Waals surface area (Å²) in [6, 6.07) is 13.8. The number of benzene rings is 2. The molecule has 0 saturated carbocycles. The molecule has 2 aromatic heterocycles. The quantitative estimate of drug-likeness (QED) is 0.542. The van der Waals surface area contributed by atoms with Gasteiger partial charge >= 0.3 is 0 Å². The molecule has 0 radical (unpaired) electrons. The number of nitrogens with zero attached hydrogens (tertiary/aromatic N) is 2. The summed E-state index contributed by atoms with van der Waals surface area (Å²) < 4.78 is 22.2. The normalized spacial score (nSPS) is 11.7. The number of aromatic nitrogens is 3. The maximum atomic E-state index is 14.9. The van der Waals surface area contributed by atoms with Crippen molar-refractivity contribution in [2.24, 2.45) is 0 Å². The van der Waals surface area contributed by atoms with E-state index < -0.39 is 11.4 Å². The van der Waals surface area contributed by atoms with Crippen molar-refractivity contribution in [2.45, 2.75) is 19.4 Å². The molecule has 0 amide bonds. The Morgan fingerprint density at radius 3 is 2.62 bits per heavy atom. The minimum atomic E-state index is -1.03. The second-order valence-corrected chi connectivity index (χ2v) is 7.42. The van der Waals surface area contributed by atoms with Crippen LogP contribution >= 0.6 is 0 Å². The van der Waals surface area contributed by atoms with E-state index in [1.165, 1.54) is 12.4 Å². The van der Waals surface area contributed by atoms with Gasteiger partial charge in [0.1, 0.15) is 18.2 Å². The van der Waals surface area contributed by atoms with Gasteiger partial charge in [-0.05, 0) is 38.1 Å². The fourth-order valence-electron chi connectivity index (χ4n) is 3.12. The zero-order valence-electron chi connectivity index (χ0n) is 16.0. The van der Waals surface area contributed by atoms with Gasteiger partial charge in [-0.15, -0.1) is 0 Å². The lowest BCUT2D eigenvalue weighted by Crippen LogP contribution is -2.27. The van der Waals surface area contributed by atoms with Gasteiger partial charge in [-0.3, -0.25) is 4.79 Å². The largest absolute Gasteiger partial charge is 0.491 e. The molecule has 0 saturated heterocycles. The Balaban J connectivity index is 1.83. The number of hydrogen-bond donors (Lipinski definition) is 2. The van der Waals surface area contributed by atoms with Gasteiger partial charge in [-0.1, -0.05) is 18.2 Å². The maximum absolute atomic E-state index is 14.9. The van der Waals surface area contributed by atoms with E-state index in [2.05, 4.69) is 9.97 Å². The predicted octanol–water partition coefficient (Wildman–Crippen LogP) is 3.67. The number of rotatable bonds is 5. The van der Waals surface area contributed by atoms with Gasteiger partial charge in [-0.25, -0.2) is 9.37 Å². The third-order valence-electron chi connectivity index (χ3n) is 4.45. The van der Waals surface area contributed by atoms with Crippen LogP contribution in [0.15, 0.2) is 65.8 Å². The van der Waals surface area contributed by atoms with E-state index >= 15 is 0 Å². The Labute approximate surface area is 166 Å². The Morgan fingerprint density at radius 1 is 1.17 bits per heavy atom. The molecule has 0 aliphatic rings. The molecule has 7 heteroatoms. The van der Waals surface area contributed by atoms with Crippen molar-refractivity contribution in [3.05, 3.63) is 77.2 Å². The lowest BCUT2D eigenvalue weighted by molar-refractivity contribution is 0.0284. The minimum absolute atomic E-state index is 0.0304. The molecule has 0 atom stereocenters. The van der Waals surface area contributed by atoms with Crippen molar-refractivity contribution in [3.63, 3.8) is 0 Å². The van der Waals surface area contributed by atoms with E-state index in [-0.39, 0.29) is 17.7 Å². The van der Waals surface area contributed by atoms with Crippen molar-refractivity contribution in [1.82, 2.24) is 14.5 Å². The second kappa shape index (κ2) is 7.18. The number of nitrogens with one attached hydrogen (secondary N) is 1. The van der Waals surface area contributed by atoms with Gasteiger partial charge in [0.15, 0.2) is 5.65 Å². The average Bonchev–Trinajstić information content (AvgIpc) is 3.07. The first-order valence-corrected chi connectivity index (χ1v) is 9.13. The second-order valence-electron chi connectivity index (χ2n) is 7.42. The summed E-state index contributed by atoms with van der Waals surface area (Å²) in [5.41, 5.74) is 0.575. The molecule has 0 spiro atoms. The molecule has 0 aliphatic heterocycles. The third-order valence-corrected chi connectivity index (χ3v) is 4.45. The number of aromatic amines is 1. The fourth-order valence-corrected chi connectivity index (χ4v) is 3.12. The van der Waals surface area contributed by atoms with E-state index in [1.807, 2.05) is 30.3 Å². The predicted molar refractivity (Wildman–Crippen MR) is 109 cm³/mol. The van der Waals surface area contributed by atoms with Crippen LogP contribution in [-0.2, 0) is 0 Å². The molecule has 0 aliphatic carbocycles. The molecule has 6 nitrogen and oxygen atoms in total. The van der Waals surface area contributed by atoms with Crippen molar-refractivity contribution in [3.8, 4) is 22.6 Å². The van der Waals surface area contributed by atoms with E-state index in [1.54, 1.807) is 36.7 Å². The van der Waals surface area contributed by atoms with Crippen LogP contribution in [0.4, 0.5) is 4.39 Å². The third kappa shape index (κ3) is 3.77. The van der Waals surface area contributed by atoms with E-state index in [0.717, 1.165) is 5.69 Å².